The molecule has 1 amide bonds. The maximum absolute atomic E-state index is 14.1. The average molecular weight is 325 g/mol. The lowest BCUT2D eigenvalue weighted by Gasteiger charge is -2.36. The number of nitrogens with one attached hydrogen (secondary N) is 1. The minimum absolute atomic E-state index is 0.107. The Labute approximate surface area is 135 Å². The van der Waals surface area contributed by atoms with Gasteiger partial charge in [0.2, 0.25) is 5.91 Å². The molecule has 1 saturated carbocycles. The molecule has 3 nitrogen and oxygen atoms in total. The quantitative estimate of drug-likeness (QED) is 0.902. The third-order valence-corrected chi connectivity index (χ3v) is 5.11. The van der Waals surface area contributed by atoms with Crippen molar-refractivity contribution >= 4 is 17.5 Å². The van der Waals surface area contributed by atoms with Crippen LogP contribution in [0, 0.1) is 5.82 Å². The lowest BCUT2D eigenvalue weighted by Crippen LogP contribution is -2.53. The Hall–Kier alpha value is -1.13. The van der Waals surface area contributed by atoms with Crippen molar-refractivity contribution in [1.29, 1.82) is 0 Å². The summed E-state index contributed by atoms with van der Waals surface area (Å²) in [7, 11) is 0. The van der Waals surface area contributed by atoms with Gasteiger partial charge in [-0.05, 0) is 64.4 Å². The van der Waals surface area contributed by atoms with Gasteiger partial charge < -0.3 is 10.2 Å². The zero-order valence-corrected chi connectivity index (χ0v) is 13.8. The summed E-state index contributed by atoms with van der Waals surface area (Å²) in [6, 6.07) is 4.37. The second-order valence-corrected chi connectivity index (χ2v) is 7.55. The molecule has 120 valence electrons. The first kappa shape index (κ1) is 15.8. The van der Waals surface area contributed by atoms with Crippen molar-refractivity contribution < 1.29 is 9.18 Å². The van der Waals surface area contributed by atoms with Gasteiger partial charge in [-0.3, -0.25) is 4.79 Å². The molecule has 0 aromatic heterocycles. The molecule has 1 aromatic carbocycles. The summed E-state index contributed by atoms with van der Waals surface area (Å²) in [4.78, 5) is 15.1. The lowest BCUT2D eigenvalue weighted by atomic mass is 9.83. The molecule has 1 N–H and O–H groups in total. The van der Waals surface area contributed by atoms with Gasteiger partial charge in [-0.1, -0.05) is 11.6 Å². The first-order chi connectivity index (χ1) is 10.3. The summed E-state index contributed by atoms with van der Waals surface area (Å²) in [5.74, 6) is -0.524. The van der Waals surface area contributed by atoms with E-state index in [1.807, 2.05) is 0 Å². The molecule has 1 saturated heterocycles. The number of nitrogens with zero attached hydrogens (tertiary/aromatic N) is 1. The van der Waals surface area contributed by atoms with Gasteiger partial charge in [0.25, 0.3) is 0 Å². The van der Waals surface area contributed by atoms with Gasteiger partial charge in [0.1, 0.15) is 5.82 Å². The van der Waals surface area contributed by atoms with Crippen LogP contribution in [0.4, 0.5) is 4.39 Å². The predicted molar refractivity (Wildman–Crippen MR) is 85.6 cm³/mol. The van der Waals surface area contributed by atoms with E-state index in [0.717, 1.165) is 32.5 Å². The van der Waals surface area contributed by atoms with Crippen LogP contribution in [0.1, 0.15) is 38.7 Å². The topological polar surface area (TPSA) is 32.3 Å². The van der Waals surface area contributed by atoms with Crippen LogP contribution in [0.5, 0.6) is 0 Å². The second kappa shape index (κ2) is 5.50. The van der Waals surface area contributed by atoms with E-state index in [1.54, 1.807) is 19.9 Å². The molecule has 1 heterocycles. The number of halogens is 2. The van der Waals surface area contributed by atoms with E-state index in [9.17, 15) is 9.18 Å². The van der Waals surface area contributed by atoms with Gasteiger partial charge in [-0.15, -0.1) is 0 Å². The van der Waals surface area contributed by atoms with Crippen molar-refractivity contribution in [3.63, 3.8) is 0 Å². The summed E-state index contributed by atoms with van der Waals surface area (Å²) in [5.41, 5.74) is -0.708. The number of amides is 1. The summed E-state index contributed by atoms with van der Waals surface area (Å²) in [5, 5.41) is 3.61. The van der Waals surface area contributed by atoms with Crippen LogP contribution in [-0.4, -0.2) is 36.0 Å². The number of hydrogen-bond acceptors (Lipinski definition) is 2. The Kier molecular flexibility index (Phi) is 3.94. The highest BCUT2D eigenvalue weighted by atomic mass is 35.5. The van der Waals surface area contributed by atoms with Crippen molar-refractivity contribution in [3.8, 4) is 0 Å². The number of likely N-dealkylation sites (tertiary alicyclic amines) is 1. The number of carbonyl (C=O) groups excluding carboxylic acids is 1. The van der Waals surface area contributed by atoms with Gasteiger partial charge in [0, 0.05) is 17.1 Å². The van der Waals surface area contributed by atoms with Crippen molar-refractivity contribution in [3.05, 3.63) is 34.6 Å². The molecule has 0 spiro atoms. The minimum Gasteiger partial charge on any atom is -0.349 e. The SMILES string of the molecule is CC(C)(C(=O)NC1(CN2CCC2)CC1)c1cc(Cl)ccc1F. The zero-order valence-electron chi connectivity index (χ0n) is 13.1. The second-order valence-electron chi connectivity index (χ2n) is 7.11. The Morgan fingerprint density at radius 2 is 2.09 bits per heavy atom. The van der Waals surface area contributed by atoms with Gasteiger partial charge in [0.05, 0.1) is 11.0 Å². The Morgan fingerprint density at radius 3 is 2.64 bits per heavy atom. The van der Waals surface area contributed by atoms with Crippen LogP contribution in [-0.2, 0) is 10.2 Å². The third kappa shape index (κ3) is 2.99. The molecule has 5 heteroatoms. The van der Waals surface area contributed by atoms with Crippen LogP contribution in [0.25, 0.3) is 0 Å². The van der Waals surface area contributed by atoms with E-state index in [1.165, 1.54) is 18.6 Å². The highest BCUT2D eigenvalue weighted by Crippen LogP contribution is 2.39. The van der Waals surface area contributed by atoms with Crippen LogP contribution in [0.3, 0.4) is 0 Å². The van der Waals surface area contributed by atoms with Crippen molar-refractivity contribution in [1.82, 2.24) is 10.2 Å². The monoisotopic (exact) mass is 324 g/mol. The molecule has 2 fully saturated rings. The zero-order chi connectivity index (χ0) is 16.0. The standard InChI is InChI=1S/C17H22ClFN2O/c1-16(2,13-10-12(18)4-5-14(13)19)15(22)20-17(6-7-17)11-21-8-3-9-21/h4-5,10H,3,6-9,11H2,1-2H3,(H,20,22). The number of benzene rings is 1. The molecule has 0 bridgehead atoms. The fourth-order valence-electron chi connectivity index (χ4n) is 2.94. The van der Waals surface area contributed by atoms with Gasteiger partial charge in [-0.2, -0.15) is 0 Å². The molecule has 0 unspecified atom stereocenters. The molecule has 1 aliphatic heterocycles. The minimum atomic E-state index is -0.945. The van der Waals surface area contributed by atoms with Gasteiger partial charge in [-0.25, -0.2) is 4.39 Å². The van der Waals surface area contributed by atoms with E-state index >= 15 is 0 Å². The molecule has 1 aromatic rings. The third-order valence-electron chi connectivity index (χ3n) is 4.88. The van der Waals surface area contributed by atoms with E-state index in [2.05, 4.69) is 10.2 Å². The molecular formula is C17H22ClFN2O. The van der Waals surface area contributed by atoms with Gasteiger partial charge >= 0.3 is 0 Å². The van der Waals surface area contributed by atoms with E-state index in [0.29, 0.717) is 10.6 Å². The van der Waals surface area contributed by atoms with Crippen molar-refractivity contribution in [2.75, 3.05) is 19.6 Å². The fourth-order valence-corrected chi connectivity index (χ4v) is 3.11. The lowest BCUT2D eigenvalue weighted by molar-refractivity contribution is -0.127. The summed E-state index contributed by atoms with van der Waals surface area (Å²) in [6.07, 6.45) is 3.25. The summed E-state index contributed by atoms with van der Waals surface area (Å²) < 4.78 is 14.1. The maximum atomic E-state index is 14.1. The molecule has 3 rings (SSSR count). The van der Waals surface area contributed by atoms with E-state index < -0.39 is 11.2 Å². The first-order valence-corrected chi connectivity index (χ1v) is 8.21. The van der Waals surface area contributed by atoms with Crippen LogP contribution < -0.4 is 5.32 Å². The average Bonchev–Trinajstić information content (AvgIpc) is 3.17. The highest BCUT2D eigenvalue weighted by molar-refractivity contribution is 6.30. The van der Waals surface area contributed by atoms with Crippen LogP contribution in [0.15, 0.2) is 18.2 Å². The largest absolute Gasteiger partial charge is 0.349 e. The summed E-state index contributed by atoms with van der Waals surface area (Å²) >= 11 is 5.96. The van der Waals surface area contributed by atoms with Crippen LogP contribution >= 0.6 is 11.6 Å². The fraction of sp³-hybridized carbons (Fsp3) is 0.588. The molecular weight excluding hydrogens is 303 g/mol. The highest BCUT2D eigenvalue weighted by Gasteiger charge is 2.48. The van der Waals surface area contributed by atoms with Gasteiger partial charge in [0.15, 0.2) is 0 Å². The smallest absolute Gasteiger partial charge is 0.230 e. The Morgan fingerprint density at radius 1 is 1.41 bits per heavy atom. The maximum Gasteiger partial charge on any atom is 0.230 e. The molecule has 0 atom stereocenters. The van der Waals surface area contributed by atoms with Crippen LogP contribution in [0.2, 0.25) is 5.02 Å². The number of hydrogen-bond donors (Lipinski definition) is 1. The van der Waals surface area contributed by atoms with E-state index in [-0.39, 0.29) is 11.4 Å². The number of rotatable bonds is 5. The normalized spacial score (nSPS) is 20.4. The Bertz CT molecular complexity index is 594. The van der Waals surface area contributed by atoms with Crippen molar-refractivity contribution in [2.45, 2.75) is 44.1 Å². The predicted octanol–water partition coefficient (Wildman–Crippen LogP) is 3.11. The number of carbonyl (C=O) groups is 1. The summed E-state index contributed by atoms with van der Waals surface area (Å²) in [6.45, 7) is 6.63. The Balaban J connectivity index is 1.74. The van der Waals surface area contributed by atoms with E-state index in [4.69, 9.17) is 11.6 Å². The molecule has 1 aliphatic carbocycles. The first-order valence-electron chi connectivity index (χ1n) is 7.83. The molecule has 2 aliphatic rings. The van der Waals surface area contributed by atoms with Crippen molar-refractivity contribution in [2.24, 2.45) is 0 Å². The molecule has 22 heavy (non-hydrogen) atoms. The molecule has 0 radical (unpaired) electrons.